The van der Waals surface area contributed by atoms with Gasteiger partial charge in [-0.1, -0.05) is 48.5 Å². The van der Waals surface area contributed by atoms with E-state index in [9.17, 15) is 0 Å². The molecule has 0 amide bonds. The quantitative estimate of drug-likeness (QED) is 0.706. The van der Waals surface area contributed by atoms with Gasteiger partial charge in [-0.25, -0.2) is 0 Å². The third-order valence-electron chi connectivity index (χ3n) is 5.13. The minimum atomic E-state index is 0.718. The molecule has 0 saturated heterocycles. The first kappa shape index (κ1) is 17.6. The highest BCUT2D eigenvalue weighted by atomic mass is 16.5. The van der Waals surface area contributed by atoms with Crippen molar-refractivity contribution >= 4 is 11.7 Å². The molecule has 0 saturated carbocycles. The Bertz CT molecular complexity index is 1080. The summed E-state index contributed by atoms with van der Waals surface area (Å²) in [5, 5.41) is 6.59. The number of hydrogen-bond acceptors (Lipinski definition) is 6. The highest BCUT2D eigenvalue weighted by Gasteiger charge is 2.17. The molecule has 29 heavy (non-hydrogen) atoms. The average molecular weight is 386 g/mol. The van der Waals surface area contributed by atoms with Gasteiger partial charge in [0.15, 0.2) is 11.5 Å². The van der Waals surface area contributed by atoms with Crippen molar-refractivity contribution in [2.24, 2.45) is 9.98 Å². The number of rotatable bonds is 5. The molecule has 0 fully saturated rings. The van der Waals surface area contributed by atoms with Crippen LogP contribution in [0.2, 0.25) is 0 Å². The molecule has 5 rings (SSSR count). The largest absolute Gasteiger partial charge is 0.493 e. The number of hydrogen-bond donors (Lipinski definition) is 2. The minimum Gasteiger partial charge on any atom is -0.493 e. The van der Waals surface area contributed by atoms with Gasteiger partial charge in [-0.05, 0) is 0 Å². The Labute approximate surface area is 169 Å². The molecule has 2 aliphatic rings. The monoisotopic (exact) mass is 386 g/mol. The van der Waals surface area contributed by atoms with E-state index < -0.39 is 0 Å². The van der Waals surface area contributed by atoms with E-state index in [1.54, 1.807) is 7.11 Å². The molecular formula is C23H22N4O2. The Kier molecular flexibility index (Phi) is 4.52. The van der Waals surface area contributed by atoms with Gasteiger partial charge in [0.05, 0.1) is 20.2 Å². The second kappa shape index (κ2) is 7.47. The lowest BCUT2D eigenvalue weighted by Crippen LogP contribution is -2.19. The molecule has 2 aliphatic heterocycles. The standard InChI is InChI=1S/C23H22N4O2/c1-28-20-14-19(15-2-6-17(7-3-15)22-24-10-11-25-22)29-21(20)16-4-8-18(9-5-16)23-26-12-13-27-23/h2-9,14H,10-13H2,1H3,(H,24,25)(H,26,27). The van der Waals surface area contributed by atoms with E-state index in [2.05, 4.69) is 44.9 Å². The molecule has 6 heteroatoms. The Morgan fingerprint density at radius 1 is 0.759 bits per heavy atom. The molecule has 1 aromatic heterocycles. The number of benzene rings is 2. The second-order valence-corrected chi connectivity index (χ2v) is 6.98. The Hall–Kier alpha value is -3.54. The summed E-state index contributed by atoms with van der Waals surface area (Å²) in [4.78, 5) is 8.93. The van der Waals surface area contributed by atoms with Crippen molar-refractivity contribution in [1.29, 1.82) is 0 Å². The predicted molar refractivity (Wildman–Crippen MR) is 115 cm³/mol. The maximum Gasteiger partial charge on any atom is 0.176 e. The van der Waals surface area contributed by atoms with Crippen LogP contribution in [0.5, 0.6) is 5.75 Å². The van der Waals surface area contributed by atoms with Crippen LogP contribution in [0, 0.1) is 0 Å². The summed E-state index contributed by atoms with van der Waals surface area (Å²) in [7, 11) is 1.66. The molecule has 2 N–H and O–H groups in total. The van der Waals surface area contributed by atoms with E-state index in [0.717, 1.165) is 77.4 Å². The third kappa shape index (κ3) is 3.38. The van der Waals surface area contributed by atoms with Crippen LogP contribution in [-0.4, -0.2) is 45.0 Å². The summed E-state index contributed by atoms with van der Waals surface area (Å²) in [6.45, 7) is 3.46. The zero-order valence-electron chi connectivity index (χ0n) is 16.2. The Morgan fingerprint density at radius 2 is 1.28 bits per heavy atom. The van der Waals surface area contributed by atoms with Gasteiger partial charge in [-0.2, -0.15) is 0 Å². The fraction of sp³-hybridized carbons (Fsp3) is 0.217. The lowest BCUT2D eigenvalue weighted by molar-refractivity contribution is 0.410. The van der Waals surface area contributed by atoms with Crippen LogP contribution in [-0.2, 0) is 0 Å². The van der Waals surface area contributed by atoms with Crippen LogP contribution in [0.4, 0.5) is 0 Å². The summed E-state index contributed by atoms with van der Waals surface area (Å²) >= 11 is 0. The number of furan rings is 1. The van der Waals surface area contributed by atoms with Crippen molar-refractivity contribution in [3.63, 3.8) is 0 Å². The van der Waals surface area contributed by atoms with Gasteiger partial charge >= 0.3 is 0 Å². The van der Waals surface area contributed by atoms with E-state index in [4.69, 9.17) is 9.15 Å². The lowest BCUT2D eigenvalue weighted by Gasteiger charge is -2.05. The van der Waals surface area contributed by atoms with Crippen LogP contribution in [0.15, 0.2) is 69.0 Å². The maximum absolute atomic E-state index is 6.19. The van der Waals surface area contributed by atoms with Crippen molar-refractivity contribution in [2.45, 2.75) is 0 Å². The molecule has 0 atom stereocenters. The normalized spacial score (nSPS) is 15.5. The van der Waals surface area contributed by atoms with Crippen molar-refractivity contribution in [3.05, 3.63) is 65.7 Å². The van der Waals surface area contributed by atoms with Crippen LogP contribution >= 0.6 is 0 Å². The van der Waals surface area contributed by atoms with Crippen molar-refractivity contribution in [1.82, 2.24) is 10.6 Å². The van der Waals surface area contributed by atoms with Gasteiger partial charge in [-0.15, -0.1) is 0 Å². The van der Waals surface area contributed by atoms with E-state index in [0.29, 0.717) is 0 Å². The maximum atomic E-state index is 6.19. The number of amidine groups is 2. The van der Waals surface area contributed by atoms with Gasteiger partial charge in [0.25, 0.3) is 0 Å². The molecule has 3 heterocycles. The molecule has 0 aliphatic carbocycles. The molecule has 0 bridgehead atoms. The molecule has 0 unspecified atom stereocenters. The molecule has 3 aromatic rings. The van der Waals surface area contributed by atoms with Crippen molar-refractivity contribution in [2.75, 3.05) is 33.3 Å². The molecule has 146 valence electrons. The summed E-state index contributed by atoms with van der Waals surface area (Å²) in [5.74, 6) is 4.12. The first-order chi connectivity index (χ1) is 14.3. The smallest absolute Gasteiger partial charge is 0.176 e. The summed E-state index contributed by atoms with van der Waals surface area (Å²) in [5.41, 5.74) is 4.13. The SMILES string of the molecule is COc1cc(-c2ccc(C3=NCCN3)cc2)oc1-c1ccc(C2=NCCN2)cc1. The number of nitrogens with zero attached hydrogens (tertiary/aromatic N) is 2. The molecular weight excluding hydrogens is 364 g/mol. The first-order valence-electron chi connectivity index (χ1n) is 9.78. The molecule has 0 spiro atoms. The zero-order valence-corrected chi connectivity index (χ0v) is 16.2. The van der Waals surface area contributed by atoms with Crippen molar-refractivity contribution in [3.8, 4) is 28.4 Å². The van der Waals surface area contributed by atoms with Crippen LogP contribution in [0.25, 0.3) is 22.6 Å². The highest BCUT2D eigenvalue weighted by molar-refractivity contribution is 6.00. The Balaban J connectivity index is 1.43. The zero-order chi connectivity index (χ0) is 19.6. The van der Waals surface area contributed by atoms with E-state index in [1.807, 2.05) is 30.3 Å². The molecule has 2 aromatic carbocycles. The van der Waals surface area contributed by atoms with Gasteiger partial charge < -0.3 is 19.8 Å². The van der Waals surface area contributed by atoms with E-state index >= 15 is 0 Å². The number of methoxy groups -OCH3 is 1. The minimum absolute atomic E-state index is 0.718. The van der Waals surface area contributed by atoms with Crippen LogP contribution in [0.1, 0.15) is 11.1 Å². The number of ether oxygens (including phenoxy) is 1. The fourth-order valence-corrected chi connectivity index (χ4v) is 3.62. The lowest BCUT2D eigenvalue weighted by atomic mass is 10.1. The highest BCUT2D eigenvalue weighted by Crippen LogP contribution is 2.37. The van der Waals surface area contributed by atoms with Crippen molar-refractivity contribution < 1.29 is 9.15 Å². The van der Waals surface area contributed by atoms with Gasteiger partial charge in [-0.3, -0.25) is 9.98 Å². The van der Waals surface area contributed by atoms with Gasteiger partial charge in [0.1, 0.15) is 17.4 Å². The topological polar surface area (TPSA) is 71.1 Å². The molecule has 0 radical (unpaired) electrons. The number of aliphatic imine (C=N–C) groups is 2. The Morgan fingerprint density at radius 3 is 1.76 bits per heavy atom. The second-order valence-electron chi connectivity index (χ2n) is 6.98. The number of nitrogens with one attached hydrogen (secondary N) is 2. The fourth-order valence-electron chi connectivity index (χ4n) is 3.62. The summed E-state index contributed by atoms with van der Waals surface area (Å²) in [6.07, 6.45) is 0. The van der Waals surface area contributed by atoms with E-state index in [1.165, 1.54) is 0 Å². The van der Waals surface area contributed by atoms with Gasteiger partial charge in [0, 0.05) is 41.4 Å². The van der Waals surface area contributed by atoms with E-state index in [-0.39, 0.29) is 0 Å². The average Bonchev–Trinajstić information content (AvgIpc) is 3.55. The summed E-state index contributed by atoms with van der Waals surface area (Å²) in [6, 6.07) is 18.3. The first-order valence-corrected chi connectivity index (χ1v) is 9.78. The van der Waals surface area contributed by atoms with Crippen LogP contribution < -0.4 is 15.4 Å². The summed E-state index contributed by atoms with van der Waals surface area (Å²) < 4.78 is 11.8. The predicted octanol–water partition coefficient (Wildman–Crippen LogP) is 3.32. The van der Waals surface area contributed by atoms with Gasteiger partial charge in [0.2, 0.25) is 0 Å². The van der Waals surface area contributed by atoms with Crippen LogP contribution in [0.3, 0.4) is 0 Å². The molecule has 6 nitrogen and oxygen atoms in total. The third-order valence-corrected chi connectivity index (χ3v) is 5.13.